The molecule has 0 aliphatic carbocycles. The lowest BCUT2D eigenvalue weighted by molar-refractivity contribution is -0.138. The van der Waals surface area contributed by atoms with Crippen LogP contribution in [0, 0.1) is 0 Å². The summed E-state index contributed by atoms with van der Waals surface area (Å²) in [5, 5.41) is 40.9. The van der Waals surface area contributed by atoms with Crippen LogP contribution in [0.1, 0.15) is 28.4 Å². The summed E-state index contributed by atoms with van der Waals surface area (Å²) in [7, 11) is 0. The third kappa shape index (κ3) is 7.89. The van der Waals surface area contributed by atoms with E-state index in [0.717, 1.165) is 11.6 Å². The molecule has 202 valence electrons. The van der Waals surface area contributed by atoms with Crippen molar-refractivity contribution in [1.29, 1.82) is 0 Å². The van der Waals surface area contributed by atoms with E-state index in [2.05, 4.69) is 22.1 Å². The van der Waals surface area contributed by atoms with Gasteiger partial charge in [0.15, 0.2) is 17.3 Å². The van der Waals surface area contributed by atoms with Gasteiger partial charge >= 0.3 is 12.1 Å². The molecule has 0 aliphatic rings. The van der Waals surface area contributed by atoms with Crippen molar-refractivity contribution in [3.05, 3.63) is 89.5 Å². The summed E-state index contributed by atoms with van der Waals surface area (Å²) >= 11 is 0. The number of nitrogens with one attached hydrogen (secondary N) is 1. The first-order valence-electron chi connectivity index (χ1n) is 11.8. The van der Waals surface area contributed by atoms with E-state index in [1.165, 1.54) is 6.92 Å². The van der Waals surface area contributed by atoms with Crippen molar-refractivity contribution in [2.75, 3.05) is 19.8 Å². The van der Waals surface area contributed by atoms with Gasteiger partial charge in [-0.25, -0.2) is 9.59 Å². The summed E-state index contributed by atoms with van der Waals surface area (Å²) in [6, 6.07) is 16.1. The van der Waals surface area contributed by atoms with Crippen molar-refractivity contribution in [3.8, 4) is 17.2 Å². The van der Waals surface area contributed by atoms with Gasteiger partial charge in [-0.3, -0.25) is 4.79 Å². The molecule has 0 heterocycles. The summed E-state index contributed by atoms with van der Waals surface area (Å²) in [4.78, 5) is 35.7. The lowest BCUT2D eigenvalue weighted by Gasteiger charge is -2.09. The van der Waals surface area contributed by atoms with Crippen LogP contribution >= 0.6 is 0 Å². The van der Waals surface area contributed by atoms with E-state index < -0.39 is 35.1 Å². The number of aromatic hydroxyl groups is 3. The monoisotopic (exact) mass is 533 g/mol. The van der Waals surface area contributed by atoms with Gasteiger partial charge in [0.2, 0.25) is 5.75 Å². The molecule has 4 N–H and O–H groups in total. The molecule has 39 heavy (non-hydrogen) atoms. The molecule has 3 aromatic carbocycles. The number of esters is 1. The molecule has 1 amide bonds. The molecule has 0 aromatic heterocycles. The Morgan fingerprint density at radius 2 is 1.56 bits per heavy atom. The second-order valence-electron chi connectivity index (χ2n) is 8.28. The predicted molar refractivity (Wildman–Crippen MR) is 141 cm³/mol. The topological polar surface area (TPSA) is 167 Å². The maximum absolute atomic E-state index is 12.8. The smallest absolute Gasteiger partial charge is 0.407 e. The zero-order valence-corrected chi connectivity index (χ0v) is 21.1. The largest absolute Gasteiger partial charge is 0.504 e. The zero-order chi connectivity index (χ0) is 28.4. The molecule has 0 atom stereocenters. The number of ether oxygens (including phenoxy) is 2. The Hall–Kier alpha value is -5.19. The number of phenolic OH excluding ortho intramolecular Hbond substituents is 3. The van der Waals surface area contributed by atoms with E-state index in [9.17, 15) is 29.7 Å². The fourth-order valence-electron chi connectivity index (χ4n) is 3.20. The highest BCUT2D eigenvalue weighted by atomic mass is 16.6. The number of nitrogens with zero attached hydrogens (tertiary/aromatic N) is 2. The minimum Gasteiger partial charge on any atom is -0.504 e. The summed E-state index contributed by atoms with van der Waals surface area (Å²) in [6.45, 7) is 5.20. The Morgan fingerprint density at radius 3 is 2.23 bits per heavy atom. The summed E-state index contributed by atoms with van der Waals surface area (Å²) in [5.74, 6) is -3.45. The first kappa shape index (κ1) is 28.4. The van der Waals surface area contributed by atoms with Crippen molar-refractivity contribution in [3.63, 3.8) is 0 Å². The molecular formula is C28H27N3O8. The van der Waals surface area contributed by atoms with Gasteiger partial charge in [0.05, 0.1) is 24.4 Å². The van der Waals surface area contributed by atoms with E-state index >= 15 is 0 Å². The van der Waals surface area contributed by atoms with Crippen LogP contribution in [0.25, 0.3) is 0 Å². The lowest BCUT2D eigenvalue weighted by Crippen LogP contribution is -2.29. The highest BCUT2D eigenvalue weighted by Crippen LogP contribution is 2.45. The minimum absolute atomic E-state index is 0.00297. The Kier molecular flexibility index (Phi) is 9.74. The molecule has 0 unspecified atom stereocenters. The van der Waals surface area contributed by atoms with Gasteiger partial charge in [-0.2, -0.15) is 5.11 Å². The quantitative estimate of drug-likeness (QED) is 0.0678. The number of hydrogen-bond donors (Lipinski definition) is 4. The zero-order valence-electron chi connectivity index (χ0n) is 21.1. The molecule has 0 saturated carbocycles. The van der Waals surface area contributed by atoms with Crippen LogP contribution in [0.4, 0.5) is 16.2 Å². The molecule has 0 fully saturated rings. The fraction of sp³-hybridized carbons (Fsp3) is 0.179. The van der Waals surface area contributed by atoms with Crippen LogP contribution in [0.15, 0.2) is 83.0 Å². The van der Waals surface area contributed by atoms with Crippen LogP contribution in [0.5, 0.6) is 17.2 Å². The van der Waals surface area contributed by atoms with Gasteiger partial charge in [0.1, 0.15) is 12.3 Å². The number of azo groups is 1. The van der Waals surface area contributed by atoms with Gasteiger partial charge in [0, 0.05) is 17.6 Å². The molecule has 3 aromatic rings. The SMILES string of the molecule is C=C(C)C(=O)OCCNC(=O)OCCc1ccc(N=Nc2cc(C(=O)c3ccccc3)c(O)c(O)c2O)cc1. The maximum atomic E-state index is 12.8. The lowest BCUT2D eigenvalue weighted by atomic mass is 10.0. The number of amides is 1. The molecule has 0 spiro atoms. The van der Waals surface area contributed by atoms with Crippen molar-refractivity contribution in [2.24, 2.45) is 10.2 Å². The third-order valence-electron chi connectivity index (χ3n) is 5.29. The number of carbonyl (C=O) groups excluding carboxylic acids is 3. The first-order chi connectivity index (χ1) is 18.7. The van der Waals surface area contributed by atoms with Crippen LogP contribution in [0.3, 0.4) is 0 Å². The van der Waals surface area contributed by atoms with Crippen molar-refractivity contribution in [1.82, 2.24) is 5.32 Å². The standard InChI is InChI=1S/C28H27N3O8/c1-17(2)27(36)38-15-13-29-28(37)39-14-12-18-8-10-20(11-9-18)30-31-22-16-21(24(33)26(35)25(22)34)23(32)19-6-4-3-5-7-19/h3-11,16,33-35H,1,12-15H2,2H3,(H,29,37). The highest BCUT2D eigenvalue weighted by Gasteiger charge is 2.22. The molecule has 11 heteroatoms. The van der Waals surface area contributed by atoms with Gasteiger partial charge in [-0.15, -0.1) is 5.11 Å². The fourth-order valence-corrected chi connectivity index (χ4v) is 3.20. The normalized spacial score (nSPS) is 10.7. The van der Waals surface area contributed by atoms with Crippen LogP contribution < -0.4 is 5.32 Å². The van der Waals surface area contributed by atoms with Gasteiger partial charge in [-0.05, 0) is 30.7 Å². The number of benzene rings is 3. The Morgan fingerprint density at radius 1 is 0.872 bits per heavy atom. The number of alkyl carbamates (subject to hydrolysis) is 1. The first-order valence-corrected chi connectivity index (χ1v) is 11.8. The molecule has 0 aliphatic heterocycles. The van der Waals surface area contributed by atoms with E-state index in [-0.39, 0.29) is 42.1 Å². The predicted octanol–water partition coefficient (Wildman–Crippen LogP) is 4.84. The second kappa shape index (κ2) is 13.4. The maximum Gasteiger partial charge on any atom is 0.407 e. The third-order valence-corrected chi connectivity index (χ3v) is 5.29. The average Bonchev–Trinajstić information content (AvgIpc) is 2.94. The van der Waals surface area contributed by atoms with E-state index in [4.69, 9.17) is 9.47 Å². The summed E-state index contributed by atoms with van der Waals surface area (Å²) in [5.41, 5.74) is 1.36. The van der Waals surface area contributed by atoms with E-state index in [1.54, 1.807) is 54.6 Å². The van der Waals surface area contributed by atoms with E-state index in [1.807, 2.05) is 0 Å². The number of rotatable bonds is 11. The number of carbonyl (C=O) groups is 3. The van der Waals surface area contributed by atoms with E-state index in [0.29, 0.717) is 12.1 Å². The van der Waals surface area contributed by atoms with Crippen LogP contribution in [-0.2, 0) is 20.7 Å². The molecule has 0 bridgehead atoms. The van der Waals surface area contributed by atoms with Crippen LogP contribution in [0.2, 0.25) is 0 Å². The second-order valence-corrected chi connectivity index (χ2v) is 8.28. The number of ketones is 1. The summed E-state index contributed by atoms with van der Waals surface area (Å²) in [6.07, 6.45) is -0.221. The Bertz CT molecular complexity index is 1390. The van der Waals surface area contributed by atoms with Gasteiger partial charge < -0.3 is 30.1 Å². The minimum atomic E-state index is -0.877. The molecule has 0 radical (unpaired) electrons. The van der Waals surface area contributed by atoms with Crippen LogP contribution in [-0.4, -0.2) is 52.9 Å². The molecule has 11 nitrogen and oxygen atoms in total. The highest BCUT2D eigenvalue weighted by molar-refractivity contribution is 6.12. The van der Waals surface area contributed by atoms with Gasteiger partial charge in [0.25, 0.3) is 0 Å². The number of hydrogen-bond acceptors (Lipinski definition) is 10. The van der Waals surface area contributed by atoms with Crippen molar-refractivity contribution < 1.29 is 39.2 Å². The Balaban J connectivity index is 1.55. The van der Waals surface area contributed by atoms with Gasteiger partial charge in [-0.1, -0.05) is 49.0 Å². The molecule has 0 saturated heterocycles. The molecular weight excluding hydrogens is 506 g/mol. The summed E-state index contributed by atoms with van der Waals surface area (Å²) < 4.78 is 9.94. The van der Waals surface area contributed by atoms with Crippen molar-refractivity contribution in [2.45, 2.75) is 13.3 Å². The Labute approximate surface area is 224 Å². The number of phenols is 3. The average molecular weight is 534 g/mol. The van der Waals surface area contributed by atoms with Crippen molar-refractivity contribution >= 4 is 29.2 Å². The molecule has 3 rings (SSSR count).